The molecule has 1 N–H and O–H groups in total. The highest BCUT2D eigenvalue weighted by Crippen LogP contribution is 2.15. The number of ether oxygens (including phenoxy) is 1. The third kappa shape index (κ3) is 4.57. The average Bonchev–Trinajstić information content (AvgIpc) is 2.84. The lowest BCUT2D eigenvalue weighted by Crippen LogP contribution is -2.42. The van der Waals surface area contributed by atoms with Gasteiger partial charge in [0.05, 0.1) is 12.2 Å². The molecule has 7 heteroatoms. The number of amides is 1. The Hall–Kier alpha value is -1.47. The molecule has 1 rings (SSSR count). The zero-order chi connectivity index (χ0) is 15.3. The van der Waals surface area contributed by atoms with Crippen molar-refractivity contribution in [1.82, 2.24) is 9.88 Å². The van der Waals surface area contributed by atoms with Crippen molar-refractivity contribution in [2.75, 3.05) is 19.7 Å². The fourth-order valence-electron chi connectivity index (χ4n) is 1.61. The minimum Gasteiger partial charge on any atom is -0.461 e. The largest absolute Gasteiger partial charge is 0.461 e. The second-order valence-electron chi connectivity index (χ2n) is 4.89. The van der Waals surface area contributed by atoms with E-state index in [0.29, 0.717) is 6.54 Å². The van der Waals surface area contributed by atoms with E-state index in [9.17, 15) is 14.7 Å². The Morgan fingerprint density at radius 3 is 2.60 bits per heavy atom. The van der Waals surface area contributed by atoms with Crippen LogP contribution in [0.25, 0.3) is 0 Å². The molecule has 0 fully saturated rings. The van der Waals surface area contributed by atoms with Crippen LogP contribution in [0.5, 0.6) is 0 Å². The summed E-state index contributed by atoms with van der Waals surface area (Å²) in [6.45, 7) is 7.72. The standard InChI is InChI=1S/C13H20N2O4S/c1-5-15(8-13(3,4)18)11(16)9-7-20-10(14-9)12(17)19-6-2/h7,18H,5-6,8H2,1-4H3. The van der Waals surface area contributed by atoms with Gasteiger partial charge in [-0.2, -0.15) is 0 Å². The Morgan fingerprint density at radius 2 is 2.10 bits per heavy atom. The van der Waals surface area contributed by atoms with Gasteiger partial charge in [0, 0.05) is 18.5 Å². The van der Waals surface area contributed by atoms with Gasteiger partial charge in [0.2, 0.25) is 5.01 Å². The number of carbonyl (C=O) groups excluding carboxylic acids is 2. The highest BCUT2D eigenvalue weighted by atomic mass is 32.1. The molecule has 0 spiro atoms. The molecule has 0 aliphatic carbocycles. The Morgan fingerprint density at radius 1 is 1.45 bits per heavy atom. The van der Waals surface area contributed by atoms with E-state index in [4.69, 9.17) is 4.74 Å². The van der Waals surface area contributed by atoms with Gasteiger partial charge in [0.1, 0.15) is 5.69 Å². The van der Waals surface area contributed by atoms with Crippen LogP contribution >= 0.6 is 11.3 Å². The number of carbonyl (C=O) groups is 2. The molecule has 1 heterocycles. The zero-order valence-corrected chi connectivity index (χ0v) is 13.0. The van der Waals surface area contributed by atoms with E-state index < -0.39 is 11.6 Å². The van der Waals surface area contributed by atoms with Crippen molar-refractivity contribution in [2.24, 2.45) is 0 Å². The van der Waals surface area contributed by atoms with Crippen molar-refractivity contribution in [3.8, 4) is 0 Å². The van der Waals surface area contributed by atoms with Crippen LogP contribution in [0.2, 0.25) is 0 Å². The predicted molar refractivity (Wildman–Crippen MR) is 75.9 cm³/mol. The first-order valence-corrected chi connectivity index (χ1v) is 7.30. The minimum absolute atomic E-state index is 0.162. The van der Waals surface area contributed by atoms with E-state index in [2.05, 4.69) is 4.98 Å². The van der Waals surface area contributed by atoms with Gasteiger partial charge in [-0.1, -0.05) is 0 Å². The van der Waals surface area contributed by atoms with Crippen LogP contribution in [0.4, 0.5) is 0 Å². The Kier molecular flexibility index (Phi) is 5.64. The van der Waals surface area contributed by atoms with Crippen LogP contribution < -0.4 is 0 Å². The summed E-state index contributed by atoms with van der Waals surface area (Å²) in [4.78, 5) is 29.3. The predicted octanol–water partition coefficient (Wildman–Crippen LogP) is 1.55. The van der Waals surface area contributed by atoms with Crippen molar-refractivity contribution in [2.45, 2.75) is 33.3 Å². The van der Waals surface area contributed by atoms with Gasteiger partial charge in [0.25, 0.3) is 5.91 Å². The summed E-state index contributed by atoms with van der Waals surface area (Å²) in [6.07, 6.45) is 0. The summed E-state index contributed by atoms with van der Waals surface area (Å²) in [6, 6.07) is 0. The summed E-state index contributed by atoms with van der Waals surface area (Å²) in [7, 11) is 0. The van der Waals surface area contributed by atoms with Crippen LogP contribution in [-0.2, 0) is 4.74 Å². The quantitative estimate of drug-likeness (QED) is 0.806. The lowest BCUT2D eigenvalue weighted by atomic mass is 10.1. The van der Waals surface area contributed by atoms with E-state index in [1.807, 2.05) is 6.92 Å². The van der Waals surface area contributed by atoms with Crippen LogP contribution in [0.1, 0.15) is 48.0 Å². The number of esters is 1. The van der Waals surface area contributed by atoms with Gasteiger partial charge < -0.3 is 14.7 Å². The Balaban J connectivity index is 2.83. The normalized spacial score (nSPS) is 11.2. The van der Waals surface area contributed by atoms with Crippen molar-refractivity contribution < 1.29 is 19.4 Å². The molecule has 0 aromatic carbocycles. The van der Waals surface area contributed by atoms with Gasteiger partial charge >= 0.3 is 5.97 Å². The van der Waals surface area contributed by atoms with Crippen LogP contribution in [0.15, 0.2) is 5.38 Å². The third-order valence-corrected chi connectivity index (χ3v) is 3.24. The SMILES string of the molecule is CCOC(=O)c1nc(C(=O)N(CC)CC(C)(C)O)cs1. The van der Waals surface area contributed by atoms with E-state index in [0.717, 1.165) is 11.3 Å². The molecule has 0 saturated heterocycles. The van der Waals surface area contributed by atoms with Gasteiger partial charge in [-0.05, 0) is 27.7 Å². The maximum atomic E-state index is 12.3. The first-order chi connectivity index (χ1) is 9.28. The summed E-state index contributed by atoms with van der Waals surface area (Å²) in [5, 5.41) is 11.5. The van der Waals surface area contributed by atoms with E-state index >= 15 is 0 Å². The molecule has 0 aliphatic heterocycles. The number of aromatic nitrogens is 1. The topological polar surface area (TPSA) is 79.7 Å². The maximum absolute atomic E-state index is 12.3. The molecule has 1 amide bonds. The second-order valence-corrected chi connectivity index (χ2v) is 5.75. The number of likely N-dealkylation sites (N-methyl/N-ethyl adjacent to an activating group) is 1. The maximum Gasteiger partial charge on any atom is 0.367 e. The molecule has 0 saturated carbocycles. The fourth-order valence-corrected chi connectivity index (χ4v) is 2.30. The monoisotopic (exact) mass is 300 g/mol. The molecule has 0 bridgehead atoms. The van der Waals surface area contributed by atoms with Crippen LogP contribution in [0, 0.1) is 0 Å². The summed E-state index contributed by atoms with van der Waals surface area (Å²) < 4.78 is 4.83. The van der Waals surface area contributed by atoms with Gasteiger partial charge in [-0.15, -0.1) is 11.3 Å². The zero-order valence-electron chi connectivity index (χ0n) is 12.2. The van der Waals surface area contributed by atoms with Gasteiger partial charge in [-0.3, -0.25) is 4.79 Å². The first-order valence-electron chi connectivity index (χ1n) is 6.42. The molecule has 0 atom stereocenters. The van der Waals surface area contributed by atoms with Crippen molar-refractivity contribution >= 4 is 23.2 Å². The summed E-state index contributed by atoms with van der Waals surface area (Å²) >= 11 is 1.08. The molecule has 20 heavy (non-hydrogen) atoms. The molecule has 0 aliphatic rings. The van der Waals surface area contributed by atoms with E-state index in [1.165, 1.54) is 10.3 Å². The Bertz CT molecular complexity index is 479. The Labute approximate surface area is 122 Å². The van der Waals surface area contributed by atoms with Crippen LogP contribution in [0.3, 0.4) is 0 Å². The number of thiazole rings is 1. The highest BCUT2D eigenvalue weighted by Gasteiger charge is 2.24. The van der Waals surface area contributed by atoms with E-state index in [1.54, 1.807) is 20.8 Å². The van der Waals surface area contributed by atoms with Crippen molar-refractivity contribution in [3.05, 3.63) is 16.1 Å². The molecular weight excluding hydrogens is 280 g/mol. The van der Waals surface area contributed by atoms with Crippen molar-refractivity contribution in [1.29, 1.82) is 0 Å². The molecule has 0 radical (unpaired) electrons. The van der Waals surface area contributed by atoms with Gasteiger partial charge in [-0.25, -0.2) is 9.78 Å². The van der Waals surface area contributed by atoms with Crippen molar-refractivity contribution in [3.63, 3.8) is 0 Å². The molecule has 6 nitrogen and oxygen atoms in total. The van der Waals surface area contributed by atoms with E-state index in [-0.39, 0.29) is 29.8 Å². The number of nitrogens with zero attached hydrogens (tertiary/aromatic N) is 2. The average molecular weight is 300 g/mol. The minimum atomic E-state index is -0.980. The molecule has 1 aromatic heterocycles. The first kappa shape index (κ1) is 16.6. The number of hydrogen-bond donors (Lipinski definition) is 1. The third-order valence-electron chi connectivity index (χ3n) is 2.42. The lowest BCUT2D eigenvalue weighted by molar-refractivity contribution is 0.0311. The fraction of sp³-hybridized carbons (Fsp3) is 0.615. The highest BCUT2D eigenvalue weighted by molar-refractivity contribution is 7.11. The summed E-state index contributed by atoms with van der Waals surface area (Å²) in [5.41, 5.74) is -0.782. The van der Waals surface area contributed by atoms with Gasteiger partial charge in [0.15, 0.2) is 0 Å². The number of hydrogen-bond acceptors (Lipinski definition) is 6. The number of rotatable bonds is 6. The summed E-state index contributed by atoms with van der Waals surface area (Å²) in [5.74, 6) is -0.830. The molecular formula is C13H20N2O4S. The molecule has 112 valence electrons. The second kappa shape index (κ2) is 6.81. The number of aliphatic hydroxyl groups is 1. The lowest BCUT2D eigenvalue weighted by Gasteiger charge is -2.27. The van der Waals surface area contributed by atoms with Crippen LogP contribution in [-0.4, -0.2) is 52.2 Å². The molecule has 1 aromatic rings. The smallest absolute Gasteiger partial charge is 0.367 e. The molecule has 0 unspecified atom stereocenters.